The zero-order chi connectivity index (χ0) is 21.1. The molecular formula is C21H26BrClN4O2S. The number of sulfonamides is 1. The highest BCUT2D eigenvalue weighted by Gasteiger charge is 2.30. The molecule has 162 valence electrons. The molecule has 2 saturated heterocycles. The van der Waals surface area contributed by atoms with Gasteiger partial charge in [0.25, 0.3) is 0 Å². The van der Waals surface area contributed by atoms with Crippen molar-refractivity contribution >= 4 is 43.2 Å². The molecule has 4 rings (SSSR count). The lowest BCUT2D eigenvalue weighted by Gasteiger charge is -2.39. The number of piperidine rings is 1. The van der Waals surface area contributed by atoms with Gasteiger partial charge in [0.2, 0.25) is 10.0 Å². The van der Waals surface area contributed by atoms with Gasteiger partial charge in [-0.1, -0.05) is 27.5 Å². The van der Waals surface area contributed by atoms with E-state index in [0.29, 0.717) is 28.9 Å². The van der Waals surface area contributed by atoms with E-state index >= 15 is 0 Å². The van der Waals surface area contributed by atoms with Crippen molar-refractivity contribution in [3.05, 3.63) is 52.2 Å². The van der Waals surface area contributed by atoms with Gasteiger partial charge in [0.15, 0.2) is 0 Å². The van der Waals surface area contributed by atoms with E-state index in [1.54, 1.807) is 41.0 Å². The molecule has 1 aromatic carbocycles. The SMILES string of the molecule is O=S(=O)(c1ccc(Br)cc1)N1CCN(CC2CCN(c3ccncc3Cl)CC2)CC1. The first-order chi connectivity index (χ1) is 14.4. The number of hydrogen-bond donors (Lipinski definition) is 0. The lowest BCUT2D eigenvalue weighted by atomic mass is 9.95. The molecule has 0 atom stereocenters. The van der Waals surface area contributed by atoms with Gasteiger partial charge < -0.3 is 9.80 Å². The lowest BCUT2D eigenvalue weighted by molar-refractivity contribution is 0.155. The summed E-state index contributed by atoms with van der Waals surface area (Å²) in [6, 6.07) is 8.85. The maximum atomic E-state index is 12.9. The number of benzene rings is 1. The summed E-state index contributed by atoms with van der Waals surface area (Å²) in [5.74, 6) is 0.636. The van der Waals surface area contributed by atoms with Gasteiger partial charge in [0.1, 0.15) is 0 Å². The molecule has 9 heteroatoms. The molecule has 0 amide bonds. The van der Waals surface area contributed by atoms with E-state index in [2.05, 4.69) is 30.7 Å². The number of rotatable bonds is 5. The minimum Gasteiger partial charge on any atom is -0.370 e. The summed E-state index contributed by atoms with van der Waals surface area (Å²) >= 11 is 9.64. The second-order valence-corrected chi connectivity index (χ2v) is 11.2. The van der Waals surface area contributed by atoms with Gasteiger partial charge in [0.05, 0.1) is 15.6 Å². The molecule has 1 aromatic heterocycles. The molecule has 2 aliphatic rings. The van der Waals surface area contributed by atoms with Crippen LogP contribution in [-0.4, -0.2) is 68.4 Å². The molecule has 0 unspecified atom stereocenters. The van der Waals surface area contributed by atoms with Crippen LogP contribution in [0.3, 0.4) is 0 Å². The molecule has 0 spiro atoms. The summed E-state index contributed by atoms with van der Waals surface area (Å²) in [5, 5.41) is 0.707. The van der Waals surface area contributed by atoms with Gasteiger partial charge in [-0.3, -0.25) is 4.98 Å². The highest BCUT2D eigenvalue weighted by Crippen LogP contribution is 2.29. The van der Waals surface area contributed by atoms with Crippen LogP contribution in [0.15, 0.2) is 52.1 Å². The number of hydrogen-bond acceptors (Lipinski definition) is 5. The molecule has 3 heterocycles. The third kappa shape index (κ3) is 4.99. The zero-order valence-corrected chi connectivity index (χ0v) is 19.9. The van der Waals surface area contributed by atoms with E-state index in [-0.39, 0.29) is 0 Å². The smallest absolute Gasteiger partial charge is 0.243 e. The lowest BCUT2D eigenvalue weighted by Crippen LogP contribution is -2.50. The highest BCUT2D eigenvalue weighted by molar-refractivity contribution is 9.10. The van der Waals surface area contributed by atoms with E-state index in [9.17, 15) is 8.42 Å². The van der Waals surface area contributed by atoms with Gasteiger partial charge in [-0.25, -0.2) is 8.42 Å². The van der Waals surface area contributed by atoms with Crippen molar-refractivity contribution in [2.75, 3.05) is 50.7 Å². The van der Waals surface area contributed by atoms with Crippen LogP contribution in [0.2, 0.25) is 5.02 Å². The fourth-order valence-corrected chi connectivity index (χ4v) is 6.18. The monoisotopic (exact) mass is 512 g/mol. The number of pyridine rings is 1. The Balaban J connectivity index is 1.26. The molecule has 2 aromatic rings. The first kappa shape index (κ1) is 22.0. The summed E-state index contributed by atoms with van der Waals surface area (Å²) in [6.45, 7) is 5.68. The van der Waals surface area contributed by atoms with Crippen LogP contribution >= 0.6 is 27.5 Å². The molecule has 2 fully saturated rings. The van der Waals surface area contributed by atoms with Crippen molar-refractivity contribution in [1.29, 1.82) is 0 Å². The Bertz CT molecular complexity index is 957. The summed E-state index contributed by atoms with van der Waals surface area (Å²) in [7, 11) is -3.42. The average molecular weight is 514 g/mol. The van der Waals surface area contributed by atoms with Crippen molar-refractivity contribution in [2.24, 2.45) is 5.92 Å². The van der Waals surface area contributed by atoms with Crippen molar-refractivity contribution < 1.29 is 8.42 Å². The second-order valence-electron chi connectivity index (χ2n) is 7.92. The van der Waals surface area contributed by atoms with Gasteiger partial charge in [0, 0.05) is 62.7 Å². The van der Waals surface area contributed by atoms with E-state index in [0.717, 1.165) is 55.7 Å². The number of nitrogens with zero attached hydrogens (tertiary/aromatic N) is 4. The number of aromatic nitrogens is 1. The first-order valence-corrected chi connectivity index (χ1v) is 12.9. The Labute approximate surface area is 192 Å². The van der Waals surface area contributed by atoms with Crippen molar-refractivity contribution in [3.63, 3.8) is 0 Å². The van der Waals surface area contributed by atoms with Crippen LogP contribution in [0.1, 0.15) is 12.8 Å². The Morgan fingerprint density at radius 2 is 1.67 bits per heavy atom. The van der Waals surface area contributed by atoms with Crippen LogP contribution in [0.4, 0.5) is 5.69 Å². The zero-order valence-electron chi connectivity index (χ0n) is 16.8. The number of piperazine rings is 1. The van der Waals surface area contributed by atoms with Gasteiger partial charge in [-0.15, -0.1) is 0 Å². The predicted molar refractivity (Wildman–Crippen MR) is 124 cm³/mol. The first-order valence-electron chi connectivity index (χ1n) is 10.3. The van der Waals surface area contributed by atoms with Crippen LogP contribution in [0.25, 0.3) is 0 Å². The quantitative estimate of drug-likeness (QED) is 0.610. The standard InChI is InChI=1S/C21H26BrClN4O2S/c22-18-1-3-19(4-2-18)30(28,29)27-13-11-25(12-14-27)16-17-6-9-26(10-7-17)21-5-8-24-15-20(21)23/h1-5,8,15,17H,6-7,9-14,16H2. The van der Waals surface area contributed by atoms with E-state index in [1.165, 1.54) is 0 Å². The molecule has 6 nitrogen and oxygen atoms in total. The van der Waals surface area contributed by atoms with Gasteiger partial charge >= 0.3 is 0 Å². The largest absolute Gasteiger partial charge is 0.370 e. The predicted octanol–water partition coefficient (Wildman–Crippen LogP) is 3.72. The van der Waals surface area contributed by atoms with Gasteiger partial charge in [-0.2, -0.15) is 4.31 Å². The Kier molecular flexibility index (Phi) is 6.99. The number of anilines is 1. The van der Waals surface area contributed by atoms with Crippen LogP contribution in [-0.2, 0) is 10.0 Å². The summed E-state index contributed by atoms with van der Waals surface area (Å²) in [6.07, 6.45) is 5.73. The van der Waals surface area contributed by atoms with Crippen molar-refractivity contribution in [1.82, 2.24) is 14.2 Å². The Morgan fingerprint density at radius 1 is 1.00 bits per heavy atom. The van der Waals surface area contributed by atoms with Gasteiger partial charge in [-0.05, 0) is 49.1 Å². The fraction of sp³-hybridized carbons (Fsp3) is 0.476. The minimum atomic E-state index is -3.42. The summed E-state index contributed by atoms with van der Waals surface area (Å²) < 4.78 is 28.2. The molecular weight excluding hydrogens is 488 g/mol. The van der Waals surface area contributed by atoms with Crippen LogP contribution in [0, 0.1) is 5.92 Å². The van der Waals surface area contributed by atoms with Crippen molar-refractivity contribution in [2.45, 2.75) is 17.7 Å². The molecule has 2 aliphatic heterocycles. The molecule has 0 saturated carbocycles. The molecule has 0 radical (unpaired) electrons. The van der Waals surface area contributed by atoms with E-state index in [4.69, 9.17) is 11.6 Å². The fourth-order valence-electron chi connectivity index (χ4n) is 4.25. The molecule has 0 aliphatic carbocycles. The molecule has 30 heavy (non-hydrogen) atoms. The average Bonchev–Trinajstić information content (AvgIpc) is 2.75. The van der Waals surface area contributed by atoms with E-state index < -0.39 is 10.0 Å². The maximum Gasteiger partial charge on any atom is 0.243 e. The van der Waals surface area contributed by atoms with Crippen LogP contribution < -0.4 is 4.90 Å². The molecule has 0 bridgehead atoms. The normalized spacial score (nSPS) is 19.9. The summed E-state index contributed by atoms with van der Waals surface area (Å²) in [5.41, 5.74) is 1.07. The topological polar surface area (TPSA) is 56.8 Å². The Hall–Kier alpha value is -1.19. The molecule has 0 N–H and O–H groups in total. The third-order valence-corrected chi connectivity index (χ3v) is 8.74. The van der Waals surface area contributed by atoms with Crippen molar-refractivity contribution in [3.8, 4) is 0 Å². The highest BCUT2D eigenvalue weighted by atomic mass is 79.9. The Morgan fingerprint density at radius 3 is 2.30 bits per heavy atom. The minimum absolute atomic E-state index is 0.362. The maximum absolute atomic E-state index is 12.9. The summed E-state index contributed by atoms with van der Waals surface area (Å²) in [4.78, 5) is 9.17. The number of halogens is 2. The second kappa shape index (κ2) is 9.53. The van der Waals surface area contributed by atoms with Crippen LogP contribution in [0.5, 0.6) is 0 Å². The third-order valence-electron chi connectivity index (χ3n) is 6.01. The van der Waals surface area contributed by atoms with E-state index in [1.807, 2.05) is 6.07 Å².